The third kappa shape index (κ3) is 6.03. The highest BCUT2D eigenvalue weighted by molar-refractivity contribution is 7.99. The van der Waals surface area contributed by atoms with Gasteiger partial charge < -0.3 is 9.84 Å². The zero-order valence-electron chi connectivity index (χ0n) is 14.5. The third-order valence-electron chi connectivity index (χ3n) is 3.82. The van der Waals surface area contributed by atoms with Crippen LogP contribution in [0.25, 0.3) is 11.3 Å². The van der Waals surface area contributed by atoms with Gasteiger partial charge in [-0.15, -0.1) is 11.8 Å². The van der Waals surface area contributed by atoms with Gasteiger partial charge in [-0.3, -0.25) is 4.79 Å². The zero-order chi connectivity index (χ0) is 19.1. The topological polar surface area (TPSA) is 55.1 Å². The third-order valence-corrected chi connectivity index (χ3v) is 5.32. The number of benzene rings is 2. The van der Waals surface area contributed by atoms with E-state index in [1.54, 1.807) is 18.2 Å². The summed E-state index contributed by atoms with van der Waals surface area (Å²) in [6, 6.07) is 17.1. The Hall–Kier alpha value is -1.95. The predicted octanol–water partition coefficient (Wildman–Crippen LogP) is 5.24. The molecule has 1 aromatic heterocycles. The minimum absolute atomic E-state index is 0.0106. The lowest BCUT2D eigenvalue weighted by Gasteiger charge is -2.04. The van der Waals surface area contributed by atoms with E-state index in [4.69, 9.17) is 27.7 Å². The summed E-state index contributed by atoms with van der Waals surface area (Å²) in [5, 5.41) is 8.06. The molecular weight excluding hydrogens is 403 g/mol. The van der Waals surface area contributed by atoms with Gasteiger partial charge in [0.05, 0.1) is 16.5 Å². The van der Waals surface area contributed by atoms with Crippen molar-refractivity contribution in [1.82, 2.24) is 10.5 Å². The molecule has 0 aliphatic heterocycles. The first-order valence-corrected chi connectivity index (χ1v) is 10.3. The van der Waals surface area contributed by atoms with Crippen molar-refractivity contribution in [2.24, 2.45) is 0 Å². The predicted molar refractivity (Wildman–Crippen MR) is 111 cm³/mol. The molecule has 4 nitrogen and oxygen atoms in total. The molecule has 7 heteroatoms. The number of nitrogens with zero attached hydrogens (tertiary/aromatic N) is 1. The van der Waals surface area contributed by atoms with E-state index in [0.29, 0.717) is 39.5 Å². The number of thioether (sulfide) groups is 1. The average molecular weight is 421 g/mol. The number of hydrogen-bond acceptors (Lipinski definition) is 4. The molecule has 27 heavy (non-hydrogen) atoms. The maximum Gasteiger partial charge on any atom is 0.230 e. The second-order valence-corrected chi connectivity index (χ2v) is 7.71. The molecule has 0 saturated heterocycles. The Morgan fingerprint density at radius 3 is 2.70 bits per heavy atom. The van der Waals surface area contributed by atoms with Crippen molar-refractivity contribution in [2.75, 3.05) is 12.3 Å². The number of rotatable bonds is 8. The Morgan fingerprint density at radius 1 is 1.11 bits per heavy atom. The minimum atomic E-state index is 0.0106. The van der Waals surface area contributed by atoms with Crippen molar-refractivity contribution in [3.8, 4) is 11.3 Å². The van der Waals surface area contributed by atoms with E-state index < -0.39 is 0 Å². The molecule has 1 amide bonds. The van der Waals surface area contributed by atoms with Crippen LogP contribution in [0.3, 0.4) is 0 Å². The summed E-state index contributed by atoms with van der Waals surface area (Å²) >= 11 is 13.6. The van der Waals surface area contributed by atoms with Crippen molar-refractivity contribution < 1.29 is 9.32 Å². The van der Waals surface area contributed by atoms with Gasteiger partial charge in [-0.2, -0.15) is 0 Å². The molecule has 0 radical (unpaired) electrons. The molecule has 0 aliphatic carbocycles. The van der Waals surface area contributed by atoms with E-state index in [1.807, 2.05) is 24.3 Å². The van der Waals surface area contributed by atoms with Crippen molar-refractivity contribution in [2.45, 2.75) is 12.2 Å². The van der Waals surface area contributed by atoms with Crippen LogP contribution >= 0.6 is 35.0 Å². The second kappa shape index (κ2) is 9.83. The monoisotopic (exact) mass is 420 g/mol. The van der Waals surface area contributed by atoms with Crippen LogP contribution in [0.2, 0.25) is 10.0 Å². The highest BCUT2D eigenvalue weighted by Gasteiger charge is 2.11. The van der Waals surface area contributed by atoms with Gasteiger partial charge in [0.25, 0.3) is 0 Å². The van der Waals surface area contributed by atoms with Crippen LogP contribution in [0.5, 0.6) is 0 Å². The smallest absolute Gasteiger partial charge is 0.230 e. The number of aromatic nitrogens is 1. The largest absolute Gasteiger partial charge is 0.360 e. The number of nitrogens with one attached hydrogen (secondary N) is 1. The maximum absolute atomic E-state index is 11.9. The first kappa shape index (κ1) is 19.8. The fourth-order valence-corrected chi connectivity index (χ4v) is 3.72. The van der Waals surface area contributed by atoms with Gasteiger partial charge in [-0.05, 0) is 30.2 Å². The fraction of sp³-hybridized carbons (Fsp3) is 0.200. The molecule has 3 rings (SSSR count). The highest BCUT2D eigenvalue weighted by Crippen LogP contribution is 2.30. The summed E-state index contributed by atoms with van der Waals surface area (Å²) in [5.41, 5.74) is 2.62. The summed E-state index contributed by atoms with van der Waals surface area (Å²) < 4.78 is 5.33. The Labute approximate surface area is 172 Å². The molecule has 0 unspecified atom stereocenters. The zero-order valence-corrected chi connectivity index (χ0v) is 16.8. The molecule has 1 heterocycles. The fourth-order valence-electron chi connectivity index (χ4n) is 2.49. The van der Waals surface area contributed by atoms with E-state index in [0.717, 1.165) is 12.0 Å². The van der Waals surface area contributed by atoms with Gasteiger partial charge in [0.15, 0.2) is 0 Å². The van der Waals surface area contributed by atoms with Crippen LogP contribution in [0.4, 0.5) is 0 Å². The molecule has 1 N–H and O–H groups in total. The Balaban J connectivity index is 1.41. The second-order valence-electron chi connectivity index (χ2n) is 5.88. The number of carbonyl (C=O) groups excluding carboxylic acids is 1. The van der Waals surface area contributed by atoms with E-state index in [-0.39, 0.29) is 5.91 Å². The first-order valence-electron chi connectivity index (χ1n) is 8.41. The van der Waals surface area contributed by atoms with Crippen molar-refractivity contribution in [3.05, 3.63) is 76.0 Å². The SMILES string of the molecule is O=C(CSCc1cc(-c2ccc(Cl)cc2Cl)no1)NCCc1ccccc1. The first-order chi connectivity index (χ1) is 13.1. The normalized spacial score (nSPS) is 10.7. The van der Waals surface area contributed by atoms with Crippen molar-refractivity contribution in [1.29, 1.82) is 0 Å². The average Bonchev–Trinajstić information content (AvgIpc) is 3.11. The highest BCUT2D eigenvalue weighted by atomic mass is 35.5. The van der Waals surface area contributed by atoms with Gasteiger partial charge >= 0.3 is 0 Å². The van der Waals surface area contributed by atoms with E-state index in [2.05, 4.69) is 22.6 Å². The summed E-state index contributed by atoms with van der Waals surface area (Å²) in [5.74, 6) is 1.63. The van der Waals surface area contributed by atoms with Gasteiger partial charge in [0.1, 0.15) is 11.5 Å². The Bertz CT molecular complexity index is 900. The molecular formula is C20H18Cl2N2O2S. The molecule has 2 aromatic carbocycles. The van der Waals surface area contributed by atoms with E-state index in [9.17, 15) is 4.79 Å². The standard InChI is InChI=1S/C20H18Cl2N2O2S/c21-15-6-7-17(18(22)10-15)19-11-16(26-24-19)12-27-13-20(25)23-9-8-14-4-2-1-3-5-14/h1-7,10-11H,8-9,12-13H2,(H,23,25). The molecule has 0 atom stereocenters. The van der Waals surface area contributed by atoms with Gasteiger partial charge in [-0.25, -0.2) is 0 Å². The Morgan fingerprint density at radius 2 is 1.93 bits per heavy atom. The lowest BCUT2D eigenvalue weighted by atomic mass is 10.1. The molecule has 0 bridgehead atoms. The molecule has 0 aliphatic rings. The van der Waals surface area contributed by atoms with Crippen LogP contribution in [0.1, 0.15) is 11.3 Å². The summed E-state index contributed by atoms with van der Waals surface area (Å²) in [4.78, 5) is 11.9. The number of halogens is 2. The summed E-state index contributed by atoms with van der Waals surface area (Å²) in [6.45, 7) is 0.630. The minimum Gasteiger partial charge on any atom is -0.360 e. The van der Waals surface area contributed by atoms with Gasteiger partial charge in [0.2, 0.25) is 5.91 Å². The van der Waals surface area contributed by atoms with Crippen LogP contribution in [-0.4, -0.2) is 23.4 Å². The lowest BCUT2D eigenvalue weighted by Crippen LogP contribution is -2.27. The van der Waals surface area contributed by atoms with E-state index >= 15 is 0 Å². The lowest BCUT2D eigenvalue weighted by molar-refractivity contribution is -0.118. The quantitative estimate of drug-likeness (QED) is 0.541. The van der Waals surface area contributed by atoms with Crippen LogP contribution in [0, 0.1) is 0 Å². The van der Waals surface area contributed by atoms with Crippen LogP contribution in [0.15, 0.2) is 59.1 Å². The van der Waals surface area contributed by atoms with Crippen LogP contribution in [-0.2, 0) is 17.0 Å². The van der Waals surface area contributed by atoms with Gasteiger partial charge in [0, 0.05) is 23.2 Å². The number of carbonyl (C=O) groups is 1. The molecule has 0 spiro atoms. The molecule has 140 valence electrons. The van der Waals surface area contributed by atoms with Crippen molar-refractivity contribution in [3.63, 3.8) is 0 Å². The molecule has 3 aromatic rings. The Kier molecular flexibility index (Phi) is 7.21. The summed E-state index contributed by atoms with van der Waals surface area (Å²) in [7, 11) is 0. The molecule has 0 saturated carbocycles. The molecule has 0 fully saturated rings. The van der Waals surface area contributed by atoms with E-state index in [1.165, 1.54) is 17.3 Å². The maximum atomic E-state index is 11.9. The number of amides is 1. The van der Waals surface area contributed by atoms with Crippen LogP contribution < -0.4 is 5.32 Å². The van der Waals surface area contributed by atoms with Gasteiger partial charge in [-0.1, -0.05) is 58.7 Å². The van der Waals surface area contributed by atoms with Crippen molar-refractivity contribution >= 4 is 40.9 Å². The number of hydrogen-bond donors (Lipinski definition) is 1. The summed E-state index contributed by atoms with van der Waals surface area (Å²) in [6.07, 6.45) is 0.824.